The third-order valence-corrected chi connectivity index (χ3v) is 3.26. The first kappa shape index (κ1) is 10.4. The first-order valence-electron chi connectivity index (χ1n) is 5.96. The molecule has 0 saturated carbocycles. The molecule has 0 N–H and O–H groups in total. The third kappa shape index (κ3) is 1.73. The van der Waals surface area contributed by atoms with Crippen molar-refractivity contribution in [2.24, 2.45) is 0 Å². The van der Waals surface area contributed by atoms with Gasteiger partial charge in [0.05, 0.1) is 11.6 Å². The quantitative estimate of drug-likeness (QED) is 0.755. The van der Waals surface area contributed by atoms with Gasteiger partial charge >= 0.3 is 0 Å². The fourth-order valence-electron chi connectivity index (χ4n) is 2.31. The van der Waals surface area contributed by atoms with Crippen LogP contribution in [-0.4, -0.2) is 14.8 Å². The van der Waals surface area contributed by atoms with Crippen molar-refractivity contribution < 1.29 is 4.39 Å². The van der Waals surface area contributed by atoms with Crippen molar-refractivity contribution in [2.75, 3.05) is 0 Å². The van der Waals surface area contributed by atoms with Crippen LogP contribution in [0.5, 0.6) is 0 Å². The van der Waals surface area contributed by atoms with E-state index in [0.29, 0.717) is 17.4 Å². The highest BCUT2D eigenvalue weighted by Crippen LogP contribution is 2.26. The van der Waals surface area contributed by atoms with Gasteiger partial charge in [-0.2, -0.15) is 5.10 Å². The molecule has 4 heteroatoms. The van der Waals surface area contributed by atoms with Gasteiger partial charge in [0.2, 0.25) is 0 Å². The SMILES string of the molecule is CC1CCCc2nc(-c3ccccc3F)nn21. The highest BCUT2D eigenvalue weighted by molar-refractivity contribution is 5.55. The summed E-state index contributed by atoms with van der Waals surface area (Å²) in [4.78, 5) is 4.44. The fraction of sp³-hybridized carbons (Fsp3) is 0.385. The van der Waals surface area contributed by atoms with Crippen LogP contribution in [0.25, 0.3) is 11.4 Å². The molecule has 1 atom stereocenters. The van der Waals surface area contributed by atoms with E-state index in [-0.39, 0.29) is 5.82 Å². The molecule has 3 nitrogen and oxygen atoms in total. The van der Waals surface area contributed by atoms with Gasteiger partial charge in [0.15, 0.2) is 5.82 Å². The van der Waals surface area contributed by atoms with Gasteiger partial charge in [0, 0.05) is 6.42 Å². The Morgan fingerprint density at radius 3 is 2.94 bits per heavy atom. The van der Waals surface area contributed by atoms with Crippen LogP contribution in [0.15, 0.2) is 24.3 Å². The van der Waals surface area contributed by atoms with Crippen LogP contribution in [0.3, 0.4) is 0 Å². The van der Waals surface area contributed by atoms with E-state index < -0.39 is 0 Å². The van der Waals surface area contributed by atoms with Crippen LogP contribution in [0, 0.1) is 5.82 Å². The molecule has 1 aromatic heterocycles. The molecule has 17 heavy (non-hydrogen) atoms. The minimum absolute atomic E-state index is 0.261. The first-order chi connectivity index (χ1) is 8.25. The van der Waals surface area contributed by atoms with Crippen molar-refractivity contribution in [1.29, 1.82) is 0 Å². The molecule has 0 bridgehead atoms. The van der Waals surface area contributed by atoms with Gasteiger partial charge in [-0.3, -0.25) is 0 Å². The standard InChI is InChI=1S/C13H14FN3/c1-9-5-4-8-12-15-13(16-17(9)12)10-6-2-3-7-11(10)14/h2-3,6-7,9H,4-5,8H2,1H3. The second-order valence-corrected chi connectivity index (χ2v) is 4.52. The molecule has 2 heterocycles. The summed E-state index contributed by atoms with van der Waals surface area (Å²) < 4.78 is 15.6. The highest BCUT2D eigenvalue weighted by atomic mass is 19.1. The van der Waals surface area contributed by atoms with E-state index >= 15 is 0 Å². The van der Waals surface area contributed by atoms with Crippen molar-refractivity contribution in [3.8, 4) is 11.4 Å². The Morgan fingerprint density at radius 2 is 2.18 bits per heavy atom. The van der Waals surface area contributed by atoms with E-state index in [2.05, 4.69) is 17.0 Å². The molecule has 3 rings (SSSR count). The Labute approximate surface area is 99.3 Å². The molecule has 0 fully saturated rings. The Kier molecular flexibility index (Phi) is 2.42. The predicted octanol–water partition coefficient (Wildman–Crippen LogP) is 2.98. The Hall–Kier alpha value is -1.71. The molecule has 0 radical (unpaired) electrons. The zero-order valence-electron chi connectivity index (χ0n) is 9.73. The van der Waals surface area contributed by atoms with Crippen molar-refractivity contribution in [3.63, 3.8) is 0 Å². The summed E-state index contributed by atoms with van der Waals surface area (Å²) in [6.07, 6.45) is 3.19. The van der Waals surface area contributed by atoms with Gasteiger partial charge in [-0.15, -0.1) is 0 Å². The third-order valence-electron chi connectivity index (χ3n) is 3.26. The van der Waals surface area contributed by atoms with E-state index in [1.807, 2.05) is 10.7 Å². The number of hydrogen-bond acceptors (Lipinski definition) is 2. The number of fused-ring (bicyclic) bond motifs is 1. The maximum absolute atomic E-state index is 13.6. The van der Waals surface area contributed by atoms with E-state index in [1.54, 1.807) is 12.1 Å². The lowest BCUT2D eigenvalue weighted by Crippen LogP contribution is -2.16. The minimum Gasteiger partial charge on any atom is -0.247 e. The van der Waals surface area contributed by atoms with Gasteiger partial charge in [-0.25, -0.2) is 14.1 Å². The number of rotatable bonds is 1. The molecule has 1 aliphatic rings. The van der Waals surface area contributed by atoms with Crippen LogP contribution in [0.2, 0.25) is 0 Å². The Morgan fingerprint density at radius 1 is 1.35 bits per heavy atom. The number of nitrogens with zero attached hydrogens (tertiary/aromatic N) is 3. The molecule has 1 unspecified atom stereocenters. The van der Waals surface area contributed by atoms with Gasteiger partial charge in [0.1, 0.15) is 11.6 Å². The number of halogens is 1. The summed E-state index contributed by atoms with van der Waals surface area (Å²) in [6.45, 7) is 2.13. The van der Waals surface area contributed by atoms with Gasteiger partial charge in [-0.05, 0) is 31.9 Å². The largest absolute Gasteiger partial charge is 0.247 e. The van der Waals surface area contributed by atoms with Crippen LogP contribution in [-0.2, 0) is 6.42 Å². The molecule has 1 aliphatic heterocycles. The number of aryl methyl sites for hydroxylation is 1. The maximum Gasteiger partial charge on any atom is 0.184 e. The topological polar surface area (TPSA) is 30.7 Å². The average Bonchev–Trinajstić information content (AvgIpc) is 2.75. The average molecular weight is 231 g/mol. The van der Waals surface area contributed by atoms with E-state index in [1.165, 1.54) is 6.07 Å². The second kappa shape index (κ2) is 3.95. The van der Waals surface area contributed by atoms with Crippen molar-refractivity contribution >= 4 is 0 Å². The van der Waals surface area contributed by atoms with Crippen molar-refractivity contribution in [2.45, 2.75) is 32.2 Å². The van der Waals surface area contributed by atoms with Crippen LogP contribution >= 0.6 is 0 Å². The Bertz CT molecular complexity index is 547. The van der Waals surface area contributed by atoms with Crippen LogP contribution in [0.1, 0.15) is 31.6 Å². The summed E-state index contributed by atoms with van der Waals surface area (Å²) >= 11 is 0. The second-order valence-electron chi connectivity index (χ2n) is 4.52. The van der Waals surface area contributed by atoms with E-state index in [4.69, 9.17) is 0 Å². The summed E-state index contributed by atoms with van der Waals surface area (Å²) in [5.74, 6) is 1.22. The molecule has 88 valence electrons. The van der Waals surface area contributed by atoms with Crippen LogP contribution in [0.4, 0.5) is 4.39 Å². The number of benzene rings is 1. The van der Waals surface area contributed by atoms with Crippen molar-refractivity contribution in [3.05, 3.63) is 35.9 Å². The summed E-state index contributed by atoms with van der Waals surface area (Å²) in [5, 5.41) is 4.43. The normalized spacial score (nSPS) is 19.1. The molecule has 1 aromatic carbocycles. The van der Waals surface area contributed by atoms with Crippen LogP contribution < -0.4 is 0 Å². The molecule has 0 aliphatic carbocycles. The monoisotopic (exact) mass is 231 g/mol. The molecule has 0 amide bonds. The van der Waals surface area contributed by atoms with E-state index in [9.17, 15) is 4.39 Å². The number of aromatic nitrogens is 3. The molecule has 0 spiro atoms. The molecular formula is C13H14FN3. The highest BCUT2D eigenvalue weighted by Gasteiger charge is 2.21. The zero-order chi connectivity index (χ0) is 11.8. The number of hydrogen-bond donors (Lipinski definition) is 0. The first-order valence-corrected chi connectivity index (χ1v) is 5.96. The molecule has 2 aromatic rings. The summed E-state index contributed by atoms with van der Waals surface area (Å²) in [6, 6.07) is 7.02. The van der Waals surface area contributed by atoms with Gasteiger partial charge < -0.3 is 0 Å². The minimum atomic E-state index is -0.261. The predicted molar refractivity (Wildman–Crippen MR) is 63.1 cm³/mol. The molecule has 0 saturated heterocycles. The lowest BCUT2D eigenvalue weighted by molar-refractivity contribution is 0.389. The van der Waals surface area contributed by atoms with Crippen molar-refractivity contribution in [1.82, 2.24) is 14.8 Å². The maximum atomic E-state index is 13.6. The smallest absolute Gasteiger partial charge is 0.184 e. The summed E-state index contributed by atoms with van der Waals surface area (Å²) in [5.41, 5.74) is 0.488. The van der Waals surface area contributed by atoms with E-state index in [0.717, 1.165) is 25.1 Å². The lowest BCUT2D eigenvalue weighted by atomic mass is 10.1. The summed E-state index contributed by atoms with van der Waals surface area (Å²) in [7, 11) is 0. The fourth-order valence-corrected chi connectivity index (χ4v) is 2.31. The van der Waals surface area contributed by atoms with Gasteiger partial charge in [-0.1, -0.05) is 12.1 Å². The Balaban J connectivity index is 2.08. The lowest BCUT2D eigenvalue weighted by Gasteiger charge is -2.18. The zero-order valence-corrected chi connectivity index (χ0v) is 9.73. The molecular weight excluding hydrogens is 217 g/mol. The van der Waals surface area contributed by atoms with Gasteiger partial charge in [0.25, 0.3) is 0 Å².